The second-order valence-corrected chi connectivity index (χ2v) is 13.2. The van der Waals surface area contributed by atoms with Crippen molar-refractivity contribution in [3.63, 3.8) is 0 Å². The minimum Gasteiger partial charge on any atom is -0.493 e. The number of hydrogen-bond acceptors (Lipinski definition) is 6. The van der Waals surface area contributed by atoms with Gasteiger partial charge in [0.25, 0.3) is 10.0 Å². The van der Waals surface area contributed by atoms with E-state index in [0.717, 1.165) is 4.31 Å². The molecule has 0 bridgehead atoms. The van der Waals surface area contributed by atoms with Crippen molar-refractivity contribution in [1.82, 2.24) is 10.2 Å². The SMILES string of the molecule is COc1ccc(S(=O)(=O)N(CC(=O)N(Cc2ccc(Cl)c(Cl)c2)C(C)C(=O)NCC(C)C)c2ccc(Cl)cc2)cc1OC. The van der Waals surface area contributed by atoms with Crippen LogP contribution in [0.5, 0.6) is 11.5 Å². The van der Waals surface area contributed by atoms with Crippen LogP contribution in [-0.4, -0.2) is 58.5 Å². The maximum atomic E-state index is 14.1. The quantitative estimate of drug-likeness (QED) is 0.238. The molecule has 0 saturated carbocycles. The van der Waals surface area contributed by atoms with E-state index in [9.17, 15) is 18.0 Å². The van der Waals surface area contributed by atoms with Crippen molar-refractivity contribution in [3.8, 4) is 11.5 Å². The summed E-state index contributed by atoms with van der Waals surface area (Å²) in [6.07, 6.45) is 0. The summed E-state index contributed by atoms with van der Waals surface area (Å²) in [5.41, 5.74) is 0.797. The Morgan fingerprint density at radius 1 is 0.860 bits per heavy atom. The highest BCUT2D eigenvalue weighted by Crippen LogP contribution is 2.33. The van der Waals surface area contributed by atoms with Crippen molar-refractivity contribution in [1.29, 1.82) is 0 Å². The molecule has 0 aliphatic rings. The number of anilines is 1. The Morgan fingerprint density at radius 2 is 1.51 bits per heavy atom. The summed E-state index contributed by atoms with van der Waals surface area (Å²) in [5, 5.41) is 3.84. The lowest BCUT2D eigenvalue weighted by molar-refractivity contribution is -0.139. The number of hydrogen-bond donors (Lipinski definition) is 1. The van der Waals surface area contributed by atoms with Crippen LogP contribution in [0.3, 0.4) is 0 Å². The summed E-state index contributed by atoms with van der Waals surface area (Å²) < 4.78 is 39.7. The molecule has 9 nitrogen and oxygen atoms in total. The summed E-state index contributed by atoms with van der Waals surface area (Å²) in [4.78, 5) is 28.3. The van der Waals surface area contributed by atoms with Crippen LogP contribution in [0.1, 0.15) is 26.3 Å². The standard InChI is InChI=1S/C30H34Cl3N3O6S/c1-19(2)16-34-30(38)20(3)35(17-21-6-12-25(32)26(33)14-21)29(37)18-36(23-9-7-22(31)8-10-23)43(39,40)24-11-13-27(41-4)28(15-24)42-5/h6-15,19-20H,16-18H2,1-5H3,(H,34,38). The first-order chi connectivity index (χ1) is 20.3. The monoisotopic (exact) mass is 669 g/mol. The summed E-state index contributed by atoms with van der Waals surface area (Å²) in [6.45, 7) is 5.24. The zero-order valence-corrected chi connectivity index (χ0v) is 27.5. The largest absolute Gasteiger partial charge is 0.493 e. The highest BCUT2D eigenvalue weighted by molar-refractivity contribution is 7.92. The highest BCUT2D eigenvalue weighted by atomic mass is 35.5. The molecule has 0 fully saturated rings. The summed E-state index contributed by atoms with van der Waals surface area (Å²) in [5.74, 6) is -0.296. The molecule has 3 rings (SSSR count). The Balaban J connectivity index is 2.06. The van der Waals surface area contributed by atoms with Gasteiger partial charge in [0.05, 0.1) is 34.8 Å². The fourth-order valence-corrected chi connectivity index (χ4v) is 5.99. The van der Waals surface area contributed by atoms with E-state index in [-0.39, 0.29) is 39.7 Å². The molecule has 0 radical (unpaired) electrons. The first kappa shape index (κ1) is 34.3. The Bertz CT molecular complexity index is 1550. The molecule has 0 spiro atoms. The molecular weight excluding hydrogens is 637 g/mol. The number of ether oxygens (including phenoxy) is 2. The molecule has 232 valence electrons. The maximum absolute atomic E-state index is 14.1. The molecule has 0 saturated heterocycles. The molecule has 1 atom stereocenters. The number of rotatable bonds is 13. The van der Waals surface area contributed by atoms with Crippen LogP contribution in [0.15, 0.2) is 65.6 Å². The van der Waals surface area contributed by atoms with Gasteiger partial charge in [-0.15, -0.1) is 0 Å². The smallest absolute Gasteiger partial charge is 0.264 e. The molecule has 0 heterocycles. The maximum Gasteiger partial charge on any atom is 0.264 e. The van der Waals surface area contributed by atoms with E-state index < -0.39 is 28.5 Å². The summed E-state index contributed by atoms with van der Waals surface area (Å²) >= 11 is 18.4. The lowest BCUT2D eigenvalue weighted by Crippen LogP contribution is -2.51. The van der Waals surface area contributed by atoms with Crippen molar-refractivity contribution >= 4 is 62.3 Å². The lowest BCUT2D eigenvalue weighted by atomic mass is 10.1. The zero-order chi connectivity index (χ0) is 31.9. The third kappa shape index (κ3) is 8.69. The molecule has 0 aliphatic heterocycles. The van der Waals surface area contributed by atoms with Gasteiger partial charge in [-0.2, -0.15) is 0 Å². The molecule has 13 heteroatoms. The van der Waals surface area contributed by atoms with E-state index in [0.29, 0.717) is 27.9 Å². The number of nitrogens with one attached hydrogen (secondary N) is 1. The van der Waals surface area contributed by atoms with Gasteiger partial charge in [0.2, 0.25) is 11.8 Å². The Morgan fingerprint density at radius 3 is 2.09 bits per heavy atom. The second kappa shape index (κ2) is 15.0. The Labute approximate surface area is 267 Å². The van der Waals surface area contributed by atoms with Gasteiger partial charge in [0.1, 0.15) is 12.6 Å². The summed E-state index contributed by atoms with van der Waals surface area (Å²) in [7, 11) is -1.51. The number of methoxy groups -OCH3 is 2. The van der Waals surface area contributed by atoms with Crippen molar-refractivity contribution in [2.24, 2.45) is 5.92 Å². The van der Waals surface area contributed by atoms with Crippen molar-refractivity contribution < 1.29 is 27.5 Å². The van der Waals surface area contributed by atoms with Gasteiger partial charge in [-0.25, -0.2) is 8.42 Å². The predicted octanol–water partition coefficient (Wildman–Crippen LogP) is 6.05. The highest BCUT2D eigenvalue weighted by Gasteiger charge is 2.33. The minimum absolute atomic E-state index is 0.0309. The first-order valence-electron chi connectivity index (χ1n) is 13.3. The van der Waals surface area contributed by atoms with E-state index in [4.69, 9.17) is 44.3 Å². The average Bonchev–Trinajstić information content (AvgIpc) is 2.98. The van der Waals surface area contributed by atoms with Crippen molar-refractivity contribution in [2.45, 2.75) is 38.3 Å². The minimum atomic E-state index is -4.34. The molecule has 0 aromatic heterocycles. The van der Waals surface area contributed by atoms with Crippen LogP contribution in [0.4, 0.5) is 5.69 Å². The second-order valence-electron chi connectivity index (χ2n) is 10.1. The lowest BCUT2D eigenvalue weighted by Gasteiger charge is -2.32. The van der Waals surface area contributed by atoms with Gasteiger partial charge < -0.3 is 19.7 Å². The number of carbonyl (C=O) groups is 2. The summed E-state index contributed by atoms with van der Waals surface area (Å²) in [6, 6.07) is 14.1. The molecule has 3 aromatic carbocycles. The van der Waals surface area contributed by atoms with Crippen molar-refractivity contribution in [3.05, 3.63) is 81.3 Å². The van der Waals surface area contributed by atoms with Crippen LogP contribution >= 0.6 is 34.8 Å². The molecule has 1 N–H and O–H groups in total. The number of nitrogens with zero attached hydrogens (tertiary/aromatic N) is 2. The van der Waals surface area contributed by atoms with Gasteiger partial charge >= 0.3 is 0 Å². The number of benzene rings is 3. The predicted molar refractivity (Wildman–Crippen MR) is 170 cm³/mol. The molecule has 43 heavy (non-hydrogen) atoms. The van der Waals surface area contributed by atoms with Gasteiger partial charge in [0, 0.05) is 24.2 Å². The molecular formula is C30H34Cl3N3O6S. The van der Waals surface area contributed by atoms with Crippen molar-refractivity contribution in [2.75, 3.05) is 31.6 Å². The van der Waals surface area contributed by atoms with E-state index in [1.54, 1.807) is 25.1 Å². The van der Waals surface area contributed by atoms with E-state index in [1.165, 1.54) is 61.6 Å². The van der Waals surface area contributed by atoms with Crippen LogP contribution < -0.4 is 19.1 Å². The first-order valence-corrected chi connectivity index (χ1v) is 15.9. The number of halogens is 3. The van der Waals surface area contributed by atoms with Gasteiger partial charge in [0.15, 0.2) is 11.5 Å². The average molecular weight is 671 g/mol. The van der Waals surface area contributed by atoms with Crippen LogP contribution in [0.25, 0.3) is 0 Å². The van der Waals surface area contributed by atoms with E-state index in [2.05, 4.69) is 5.32 Å². The van der Waals surface area contributed by atoms with Crippen LogP contribution in [0.2, 0.25) is 15.1 Å². The van der Waals surface area contributed by atoms with Gasteiger partial charge in [-0.3, -0.25) is 13.9 Å². The number of sulfonamides is 1. The molecule has 1 unspecified atom stereocenters. The zero-order valence-electron chi connectivity index (χ0n) is 24.4. The van der Waals surface area contributed by atoms with Crippen LogP contribution in [-0.2, 0) is 26.2 Å². The number of amides is 2. The van der Waals surface area contributed by atoms with E-state index >= 15 is 0 Å². The van der Waals surface area contributed by atoms with E-state index in [1.807, 2.05) is 13.8 Å². The van der Waals surface area contributed by atoms with Crippen LogP contribution in [0, 0.1) is 5.92 Å². The normalized spacial score (nSPS) is 12.0. The number of carbonyl (C=O) groups excluding carboxylic acids is 2. The fraction of sp³-hybridized carbons (Fsp3) is 0.333. The Kier molecular flexibility index (Phi) is 12.0. The topological polar surface area (TPSA) is 105 Å². The molecule has 2 amide bonds. The molecule has 3 aromatic rings. The van der Waals surface area contributed by atoms with Gasteiger partial charge in [-0.1, -0.05) is 54.7 Å². The van der Waals surface area contributed by atoms with Gasteiger partial charge in [-0.05, 0) is 66.9 Å². The third-order valence-electron chi connectivity index (χ3n) is 6.53. The Hall–Kier alpha value is -3.18. The third-order valence-corrected chi connectivity index (χ3v) is 9.29. The fourth-order valence-electron chi connectivity index (χ4n) is 4.11. The molecule has 0 aliphatic carbocycles.